The first-order valence-corrected chi connectivity index (χ1v) is 4.28. The molecule has 12 heavy (non-hydrogen) atoms. The predicted molar refractivity (Wildman–Crippen MR) is 51.1 cm³/mol. The van der Waals surface area contributed by atoms with Gasteiger partial charge in [-0.2, -0.15) is 0 Å². The lowest BCUT2D eigenvalue weighted by atomic mass is 9.84. The van der Waals surface area contributed by atoms with E-state index in [1.807, 2.05) is 20.8 Å². The van der Waals surface area contributed by atoms with Crippen LogP contribution in [-0.4, -0.2) is 24.4 Å². The Morgan fingerprint density at radius 3 is 2.42 bits per heavy atom. The molecule has 0 aliphatic carbocycles. The minimum absolute atomic E-state index is 0.0965. The monoisotopic (exact) mass is 172 g/mol. The molecule has 2 nitrogen and oxygen atoms in total. The maximum atomic E-state index is 9.73. The maximum absolute atomic E-state index is 9.73. The number of aliphatic hydroxyl groups is 1. The van der Waals surface area contributed by atoms with Crippen LogP contribution in [-0.2, 0) is 4.74 Å². The summed E-state index contributed by atoms with van der Waals surface area (Å²) in [6.07, 6.45) is 2.14. The van der Waals surface area contributed by atoms with E-state index in [-0.39, 0.29) is 17.6 Å². The van der Waals surface area contributed by atoms with Gasteiger partial charge in [0.1, 0.15) is 0 Å². The molecule has 0 unspecified atom stereocenters. The Hall–Kier alpha value is -0.340. The van der Waals surface area contributed by atoms with Gasteiger partial charge in [0, 0.05) is 18.9 Å². The smallest absolute Gasteiger partial charge is 0.0650 e. The molecule has 0 amide bonds. The summed E-state index contributed by atoms with van der Waals surface area (Å²) in [5, 5.41) is 9.73. The van der Waals surface area contributed by atoms with Crippen LogP contribution in [0.15, 0.2) is 12.7 Å². The number of hydrogen-bond donors (Lipinski definition) is 1. The molecule has 0 aliphatic rings. The Balaban J connectivity index is 4.02. The lowest BCUT2D eigenvalue weighted by Crippen LogP contribution is -2.30. The van der Waals surface area contributed by atoms with Crippen molar-refractivity contribution in [2.45, 2.75) is 39.4 Å². The van der Waals surface area contributed by atoms with Crippen molar-refractivity contribution in [2.24, 2.45) is 5.41 Å². The molecule has 0 aromatic heterocycles. The topological polar surface area (TPSA) is 29.5 Å². The standard InChI is InChI=1S/C10H20O2/c1-6-10(3,4)9(11)7-8(2)12-5/h6,8-9,11H,1,7H2,2-5H3/t8-,9+/m0/s1. The molecule has 0 saturated heterocycles. The summed E-state index contributed by atoms with van der Waals surface area (Å²) < 4.78 is 5.07. The first-order chi connectivity index (χ1) is 5.44. The van der Waals surface area contributed by atoms with Crippen LogP contribution in [0.4, 0.5) is 0 Å². The van der Waals surface area contributed by atoms with E-state index in [1.54, 1.807) is 13.2 Å². The fraction of sp³-hybridized carbons (Fsp3) is 0.800. The van der Waals surface area contributed by atoms with Gasteiger partial charge in [-0.3, -0.25) is 0 Å². The zero-order valence-corrected chi connectivity index (χ0v) is 8.50. The fourth-order valence-corrected chi connectivity index (χ4v) is 0.850. The average molecular weight is 172 g/mol. The lowest BCUT2D eigenvalue weighted by Gasteiger charge is -2.28. The van der Waals surface area contributed by atoms with E-state index in [4.69, 9.17) is 4.74 Å². The van der Waals surface area contributed by atoms with Crippen molar-refractivity contribution in [1.82, 2.24) is 0 Å². The Kier molecular flexibility index (Phi) is 4.50. The number of ether oxygens (including phenoxy) is 1. The van der Waals surface area contributed by atoms with E-state index in [1.165, 1.54) is 0 Å². The minimum atomic E-state index is -0.384. The van der Waals surface area contributed by atoms with Crippen molar-refractivity contribution in [1.29, 1.82) is 0 Å². The third-order valence-electron chi connectivity index (χ3n) is 2.34. The Labute approximate surface area is 75.2 Å². The second-order valence-corrected chi connectivity index (χ2v) is 3.82. The normalized spacial score (nSPS) is 17.1. The van der Waals surface area contributed by atoms with Gasteiger partial charge in [-0.25, -0.2) is 0 Å². The largest absolute Gasteiger partial charge is 0.392 e. The van der Waals surface area contributed by atoms with E-state index in [0.29, 0.717) is 6.42 Å². The maximum Gasteiger partial charge on any atom is 0.0650 e. The van der Waals surface area contributed by atoms with Crippen molar-refractivity contribution in [3.63, 3.8) is 0 Å². The summed E-state index contributed by atoms with van der Waals surface area (Å²) >= 11 is 0. The highest BCUT2D eigenvalue weighted by Crippen LogP contribution is 2.25. The van der Waals surface area contributed by atoms with E-state index in [0.717, 1.165) is 0 Å². The van der Waals surface area contributed by atoms with Crippen LogP contribution in [0.1, 0.15) is 27.2 Å². The third kappa shape index (κ3) is 3.37. The highest BCUT2D eigenvalue weighted by atomic mass is 16.5. The molecule has 0 aliphatic heterocycles. The number of methoxy groups -OCH3 is 1. The molecule has 0 heterocycles. The average Bonchev–Trinajstić information content (AvgIpc) is 2.04. The van der Waals surface area contributed by atoms with Gasteiger partial charge in [-0.15, -0.1) is 6.58 Å². The summed E-state index contributed by atoms with van der Waals surface area (Å²) in [5.74, 6) is 0. The van der Waals surface area contributed by atoms with Gasteiger partial charge in [0.15, 0.2) is 0 Å². The summed E-state index contributed by atoms with van der Waals surface area (Å²) in [5.41, 5.74) is -0.229. The predicted octanol–water partition coefficient (Wildman–Crippen LogP) is 1.98. The number of hydrogen-bond acceptors (Lipinski definition) is 2. The molecule has 0 spiro atoms. The fourth-order valence-electron chi connectivity index (χ4n) is 0.850. The molecule has 0 aromatic rings. The summed E-state index contributed by atoms with van der Waals surface area (Å²) in [4.78, 5) is 0. The molecule has 2 atom stereocenters. The Morgan fingerprint density at radius 2 is 2.08 bits per heavy atom. The van der Waals surface area contributed by atoms with Crippen LogP contribution >= 0.6 is 0 Å². The molecule has 1 N–H and O–H groups in total. The van der Waals surface area contributed by atoms with Gasteiger partial charge >= 0.3 is 0 Å². The van der Waals surface area contributed by atoms with Gasteiger partial charge in [0.05, 0.1) is 12.2 Å². The second kappa shape index (κ2) is 4.63. The molecule has 72 valence electrons. The third-order valence-corrected chi connectivity index (χ3v) is 2.34. The van der Waals surface area contributed by atoms with E-state index in [9.17, 15) is 5.11 Å². The highest BCUT2D eigenvalue weighted by molar-refractivity contribution is 4.93. The Morgan fingerprint density at radius 1 is 1.58 bits per heavy atom. The minimum Gasteiger partial charge on any atom is -0.392 e. The molecule has 0 rings (SSSR count). The molecule has 0 saturated carbocycles. The summed E-state index contributed by atoms with van der Waals surface area (Å²) in [6.45, 7) is 9.56. The lowest BCUT2D eigenvalue weighted by molar-refractivity contribution is 0.0145. The first kappa shape index (κ1) is 11.7. The van der Waals surface area contributed by atoms with E-state index < -0.39 is 0 Å². The molecule has 0 radical (unpaired) electrons. The zero-order chi connectivity index (χ0) is 9.78. The molecule has 2 heteroatoms. The quantitative estimate of drug-likeness (QED) is 0.643. The van der Waals surface area contributed by atoms with E-state index >= 15 is 0 Å². The van der Waals surface area contributed by atoms with Crippen molar-refractivity contribution in [3.05, 3.63) is 12.7 Å². The van der Waals surface area contributed by atoms with Crippen LogP contribution in [0.5, 0.6) is 0 Å². The van der Waals surface area contributed by atoms with Gasteiger partial charge in [-0.1, -0.05) is 19.9 Å². The van der Waals surface area contributed by atoms with Crippen molar-refractivity contribution < 1.29 is 9.84 Å². The van der Waals surface area contributed by atoms with Crippen molar-refractivity contribution >= 4 is 0 Å². The number of aliphatic hydroxyl groups excluding tert-OH is 1. The highest BCUT2D eigenvalue weighted by Gasteiger charge is 2.25. The van der Waals surface area contributed by atoms with Gasteiger partial charge in [-0.05, 0) is 6.92 Å². The molecular formula is C10H20O2. The van der Waals surface area contributed by atoms with Crippen LogP contribution in [0.3, 0.4) is 0 Å². The van der Waals surface area contributed by atoms with Crippen LogP contribution in [0.25, 0.3) is 0 Å². The Bertz CT molecular complexity index is 141. The van der Waals surface area contributed by atoms with Crippen molar-refractivity contribution in [2.75, 3.05) is 7.11 Å². The molecule has 0 aromatic carbocycles. The van der Waals surface area contributed by atoms with Crippen LogP contribution in [0.2, 0.25) is 0 Å². The first-order valence-electron chi connectivity index (χ1n) is 4.28. The summed E-state index contributed by atoms with van der Waals surface area (Å²) in [7, 11) is 1.65. The van der Waals surface area contributed by atoms with Crippen LogP contribution < -0.4 is 0 Å². The van der Waals surface area contributed by atoms with Crippen LogP contribution in [0, 0.1) is 5.41 Å². The van der Waals surface area contributed by atoms with Crippen molar-refractivity contribution in [3.8, 4) is 0 Å². The molecule has 0 bridgehead atoms. The molecular weight excluding hydrogens is 152 g/mol. The van der Waals surface area contributed by atoms with E-state index in [2.05, 4.69) is 6.58 Å². The zero-order valence-electron chi connectivity index (χ0n) is 8.50. The second-order valence-electron chi connectivity index (χ2n) is 3.82. The SMILES string of the molecule is C=CC(C)(C)[C@H](O)C[C@H](C)OC. The molecule has 0 fully saturated rings. The van der Waals surface area contributed by atoms with Gasteiger partial charge in [0.2, 0.25) is 0 Å². The van der Waals surface area contributed by atoms with Gasteiger partial charge < -0.3 is 9.84 Å². The number of rotatable bonds is 5. The van der Waals surface area contributed by atoms with Gasteiger partial charge in [0.25, 0.3) is 0 Å². The summed E-state index contributed by atoms with van der Waals surface area (Å²) in [6, 6.07) is 0.